The highest BCUT2D eigenvalue weighted by Gasteiger charge is 2.17. The van der Waals surface area contributed by atoms with E-state index in [-0.39, 0.29) is 11.7 Å². The molecule has 7 heteroatoms. The van der Waals surface area contributed by atoms with Crippen molar-refractivity contribution in [3.8, 4) is 17.3 Å². The van der Waals surface area contributed by atoms with Gasteiger partial charge in [-0.3, -0.25) is 4.79 Å². The van der Waals surface area contributed by atoms with Crippen molar-refractivity contribution in [3.05, 3.63) is 88.7 Å². The maximum absolute atomic E-state index is 13.5. The third-order valence-corrected chi connectivity index (χ3v) is 6.13. The topological polar surface area (TPSA) is 72.9 Å². The molecule has 0 N–H and O–H groups in total. The summed E-state index contributed by atoms with van der Waals surface area (Å²) in [6.07, 6.45) is 2.54. The number of aromatic nitrogens is 2. The Hall–Kier alpha value is -4.39. The standard InChI is InChI=1S/C29H28N4O3/c1-5-19(2)35-26-17-22(32(3)4)15-14-21(26)18-30-33-28(27-16-20-10-6-9-13-25(20)36-27)31-24-12-8-7-11-23(24)29(33)34/h6-19H,5H2,1-4H3/t19-/m1/s1. The Morgan fingerprint density at radius 3 is 2.64 bits per heavy atom. The van der Waals surface area contributed by atoms with E-state index in [1.807, 2.05) is 92.6 Å². The molecule has 0 radical (unpaired) electrons. The summed E-state index contributed by atoms with van der Waals surface area (Å²) in [4.78, 5) is 20.3. The second kappa shape index (κ2) is 9.70. The van der Waals surface area contributed by atoms with Crippen LogP contribution in [0.2, 0.25) is 0 Å². The van der Waals surface area contributed by atoms with Crippen molar-refractivity contribution in [2.45, 2.75) is 26.4 Å². The Bertz CT molecular complexity index is 1600. The van der Waals surface area contributed by atoms with Crippen LogP contribution in [0.15, 0.2) is 87.1 Å². The zero-order chi connectivity index (χ0) is 25.2. The molecule has 0 amide bonds. The van der Waals surface area contributed by atoms with E-state index in [0.29, 0.717) is 33.8 Å². The summed E-state index contributed by atoms with van der Waals surface area (Å²) in [5, 5.41) is 6.01. The summed E-state index contributed by atoms with van der Waals surface area (Å²) in [6.45, 7) is 4.11. The van der Waals surface area contributed by atoms with Gasteiger partial charge in [-0.05, 0) is 49.7 Å². The van der Waals surface area contributed by atoms with Crippen molar-refractivity contribution in [3.63, 3.8) is 0 Å². The third kappa shape index (κ3) is 4.47. The molecule has 3 aromatic carbocycles. The van der Waals surface area contributed by atoms with Crippen molar-refractivity contribution in [2.75, 3.05) is 19.0 Å². The highest BCUT2D eigenvalue weighted by molar-refractivity contribution is 5.86. The molecule has 5 aromatic rings. The zero-order valence-corrected chi connectivity index (χ0v) is 20.8. The van der Waals surface area contributed by atoms with Gasteiger partial charge in [0.1, 0.15) is 11.3 Å². The van der Waals surface area contributed by atoms with Crippen LogP contribution in [0.5, 0.6) is 5.75 Å². The summed E-state index contributed by atoms with van der Waals surface area (Å²) in [7, 11) is 3.96. The predicted octanol–water partition coefficient (Wildman–Crippen LogP) is 5.94. The molecule has 2 aromatic heterocycles. The SMILES string of the molecule is CC[C@@H](C)Oc1cc(N(C)C)ccc1C=Nn1c(-c2cc3ccccc3o2)nc2ccccc2c1=O. The van der Waals surface area contributed by atoms with Crippen molar-refractivity contribution >= 4 is 33.8 Å². The average Bonchev–Trinajstić information content (AvgIpc) is 3.32. The van der Waals surface area contributed by atoms with Crippen LogP contribution in [0.25, 0.3) is 33.5 Å². The Balaban J connectivity index is 1.67. The molecule has 7 nitrogen and oxygen atoms in total. The molecule has 0 saturated heterocycles. The van der Waals surface area contributed by atoms with E-state index >= 15 is 0 Å². The number of hydrogen-bond acceptors (Lipinski definition) is 6. The number of nitrogens with zero attached hydrogens (tertiary/aromatic N) is 4. The van der Waals surface area contributed by atoms with Gasteiger partial charge in [-0.2, -0.15) is 9.78 Å². The van der Waals surface area contributed by atoms with Gasteiger partial charge in [0, 0.05) is 36.8 Å². The first kappa shape index (κ1) is 23.4. The monoisotopic (exact) mass is 480 g/mol. The maximum Gasteiger partial charge on any atom is 0.282 e. The van der Waals surface area contributed by atoms with Crippen LogP contribution in [-0.2, 0) is 0 Å². The van der Waals surface area contributed by atoms with Gasteiger partial charge in [-0.15, -0.1) is 0 Å². The van der Waals surface area contributed by atoms with Crippen LogP contribution < -0.4 is 15.2 Å². The second-order valence-corrected chi connectivity index (χ2v) is 8.92. The minimum Gasteiger partial charge on any atom is -0.490 e. The van der Waals surface area contributed by atoms with Crippen molar-refractivity contribution in [1.82, 2.24) is 9.66 Å². The minimum absolute atomic E-state index is 0.0331. The molecule has 0 aliphatic carbocycles. The number of para-hydroxylation sites is 2. The molecular formula is C29H28N4O3. The minimum atomic E-state index is -0.276. The molecule has 0 bridgehead atoms. The molecule has 0 spiro atoms. The number of furan rings is 1. The lowest BCUT2D eigenvalue weighted by Gasteiger charge is -2.18. The lowest BCUT2D eigenvalue weighted by atomic mass is 10.2. The van der Waals surface area contributed by atoms with Gasteiger partial charge < -0.3 is 14.1 Å². The van der Waals surface area contributed by atoms with E-state index in [0.717, 1.165) is 23.1 Å². The van der Waals surface area contributed by atoms with E-state index in [1.165, 1.54) is 4.68 Å². The van der Waals surface area contributed by atoms with E-state index in [2.05, 4.69) is 12.0 Å². The van der Waals surface area contributed by atoms with Gasteiger partial charge in [0.15, 0.2) is 5.76 Å². The van der Waals surface area contributed by atoms with Gasteiger partial charge in [-0.1, -0.05) is 37.3 Å². The molecule has 36 heavy (non-hydrogen) atoms. The lowest BCUT2D eigenvalue weighted by molar-refractivity contribution is 0.217. The average molecular weight is 481 g/mol. The number of rotatable bonds is 7. The molecular weight excluding hydrogens is 452 g/mol. The zero-order valence-electron chi connectivity index (χ0n) is 20.8. The highest BCUT2D eigenvalue weighted by atomic mass is 16.5. The molecule has 5 rings (SSSR count). The molecule has 1 atom stereocenters. The van der Waals surface area contributed by atoms with Crippen LogP contribution in [0.3, 0.4) is 0 Å². The summed E-state index contributed by atoms with van der Waals surface area (Å²) >= 11 is 0. The molecule has 2 heterocycles. The molecule has 0 fully saturated rings. The van der Waals surface area contributed by atoms with Crippen LogP contribution in [0.4, 0.5) is 5.69 Å². The number of benzene rings is 3. The maximum atomic E-state index is 13.5. The highest BCUT2D eigenvalue weighted by Crippen LogP contribution is 2.28. The fourth-order valence-corrected chi connectivity index (χ4v) is 3.91. The summed E-state index contributed by atoms with van der Waals surface area (Å²) < 4.78 is 13.5. The lowest BCUT2D eigenvalue weighted by Crippen LogP contribution is -2.20. The first-order chi connectivity index (χ1) is 17.4. The fraction of sp³-hybridized carbons (Fsp3) is 0.207. The van der Waals surface area contributed by atoms with Crippen LogP contribution in [0.1, 0.15) is 25.8 Å². The predicted molar refractivity (Wildman–Crippen MR) is 145 cm³/mol. The third-order valence-electron chi connectivity index (χ3n) is 6.13. The van der Waals surface area contributed by atoms with E-state index in [9.17, 15) is 4.79 Å². The first-order valence-electron chi connectivity index (χ1n) is 12.0. The Morgan fingerprint density at radius 2 is 1.86 bits per heavy atom. The molecule has 0 saturated carbocycles. The van der Waals surface area contributed by atoms with Gasteiger partial charge in [0.25, 0.3) is 5.56 Å². The largest absolute Gasteiger partial charge is 0.490 e. The van der Waals surface area contributed by atoms with Crippen LogP contribution in [0, 0.1) is 0 Å². The molecule has 182 valence electrons. The Kier molecular flexibility index (Phi) is 6.29. The number of fused-ring (bicyclic) bond motifs is 2. The molecule has 0 unspecified atom stereocenters. The van der Waals surface area contributed by atoms with Gasteiger partial charge >= 0.3 is 0 Å². The Labute approximate surface area is 209 Å². The van der Waals surface area contributed by atoms with Crippen LogP contribution in [-0.4, -0.2) is 36.1 Å². The van der Waals surface area contributed by atoms with E-state index in [4.69, 9.17) is 14.1 Å². The van der Waals surface area contributed by atoms with Crippen molar-refractivity contribution in [2.24, 2.45) is 5.10 Å². The smallest absolute Gasteiger partial charge is 0.282 e. The summed E-state index contributed by atoms with van der Waals surface area (Å²) in [5.41, 5.74) is 2.80. The van der Waals surface area contributed by atoms with Gasteiger partial charge in [-0.25, -0.2) is 4.98 Å². The molecule has 0 aliphatic heterocycles. The van der Waals surface area contributed by atoms with E-state index < -0.39 is 0 Å². The van der Waals surface area contributed by atoms with Gasteiger partial charge in [0.2, 0.25) is 5.82 Å². The Morgan fingerprint density at radius 1 is 1.08 bits per heavy atom. The van der Waals surface area contributed by atoms with Crippen molar-refractivity contribution < 1.29 is 9.15 Å². The van der Waals surface area contributed by atoms with Crippen LogP contribution >= 0.6 is 0 Å². The quantitative estimate of drug-likeness (QED) is 0.270. The van der Waals surface area contributed by atoms with Crippen molar-refractivity contribution in [1.29, 1.82) is 0 Å². The normalized spacial score (nSPS) is 12.4. The molecule has 0 aliphatic rings. The number of ether oxygens (including phenoxy) is 1. The summed E-state index contributed by atoms with van der Waals surface area (Å²) in [6, 6.07) is 22.7. The van der Waals surface area contributed by atoms with Gasteiger partial charge in [0.05, 0.1) is 23.2 Å². The van der Waals surface area contributed by atoms with E-state index in [1.54, 1.807) is 12.3 Å². The second-order valence-electron chi connectivity index (χ2n) is 8.92. The summed E-state index contributed by atoms with van der Waals surface area (Å²) in [5.74, 6) is 1.50. The fourth-order valence-electron chi connectivity index (χ4n) is 3.91. The first-order valence-corrected chi connectivity index (χ1v) is 12.0. The number of anilines is 1. The number of hydrogen-bond donors (Lipinski definition) is 0.